The van der Waals surface area contributed by atoms with Gasteiger partial charge in [-0.25, -0.2) is 14.6 Å². The SMILES string of the molecule is Cc1cc(N)c(N(N)CC(C)(C)C)c(F)c1F. The number of benzene rings is 1. The molecule has 17 heavy (non-hydrogen) atoms. The quantitative estimate of drug-likeness (QED) is 0.477. The van der Waals surface area contributed by atoms with Crippen LogP contribution in [0.5, 0.6) is 0 Å². The van der Waals surface area contributed by atoms with Crippen LogP contribution in [-0.4, -0.2) is 6.54 Å². The predicted molar refractivity (Wildman–Crippen MR) is 66.5 cm³/mol. The predicted octanol–water partition coefficient (Wildman–Crippen LogP) is 2.58. The average Bonchev–Trinajstić information content (AvgIpc) is 2.11. The Hall–Kier alpha value is -1.36. The standard InChI is InChI=1S/C12H19F2N3/c1-7-5-8(15)11(10(14)9(7)13)17(16)6-12(2,3)4/h5H,6,15-16H2,1-4H3. The Morgan fingerprint density at radius 1 is 1.24 bits per heavy atom. The van der Waals surface area contributed by atoms with E-state index in [1.54, 1.807) is 0 Å². The average molecular weight is 243 g/mol. The lowest BCUT2D eigenvalue weighted by molar-refractivity contribution is 0.408. The first kappa shape index (κ1) is 13.7. The normalized spacial score (nSPS) is 11.7. The van der Waals surface area contributed by atoms with Gasteiger partial charge in [0.15, 0.2) is 11.6 Å². The lowest BCUT2D eigenvalue weighted by Gasteiger charge is -2.29. The summed E-state index contributed by atoms with van der Waals surface area (Å²) >= 11 is 0. The lowest BCUT2D eigenvalue weighted by Crippen LogP contribution is -2.39. The number of anilines is 2. The molecule has 3 nitrogen and oxygen atoms in total. The Morgan fingerprint density at radius 2 is 1.76 bits per heavy atom. The summed E-state index contributed by atoms with van der Waals surface area (Å²) in [4.78, 5) is 0. The van der Waals surface area contributed by atoms with Crippen LogP contribution in [-0.2, 0) is 0 Å². The fourth-order valence-electron chi connectivity index (χ4n) is 1.65. The zero-order chi connectivity index (χ0) is 13.4. The Bertz CT molecular complexity index is 425. The fraction of sp³-hybridized carbons (Fsp3) is 0.500. The van der Waals surface area contributed by atoms with Crippen LogP contribution < -0.4 is 16.6 Å². The maximum Gasteiger partial charge on any atom is 0.185 e. The highest BCUT2D eigenvalue weighted by Gasteiger charge is 2.22. The highest BCUT2D eigenvalue weighted by atomic mass is 19.2. The third kappa shape index (κ3) is 3.06. The van der Waals surface area contributed by atoms with Crippen molar-refractivity contribution in [3.63, 3.8) is 0 Å². The van der Waals surface area contributed by atoms with E-state index in [1.165, 1.54) is 13.0 Å². The van der Waals surface area contributed by atoms with Gasteiger partial charge in [0.25, 0.3) is 0 Å². The molecule has 0 bridgehead atoms. The number of hydrogen-bond acceptors (Lipinski definition) is 3. The molecule has 1 rings (SSSR count). The van der Waals surface area contributed by atoms with Crippen molar-refractivity contribution >= 4 is 11.4 Å². The van der Waals surface area contributed by atoms with Crippen LogP contribution in [0.1, 0.15) is 26.3 Å². The van der Waals surface area contributed by atoms with E-state index in [9.17, 15) is 8.78 Å². The smallest absolute Gasteiger partial charge is 0.185 e. The summed E-state index contributed by atoms with van der Waals surface area (Å²) < 4.78 is 27.2. The number of hydrogen-bond donors (Lipinski definition) is 2. The molecule has 0 aromatic heterocycles. The van der Waals surface area contributed by atoms with Crippen molar-refractivity contribution in [3.8, 4) is 0 Å². The van der Waals surface area contributed by atoms with Crippen molar-refractivity contribution in [2.45, 2.75) is 27.7 Å². The molecule has 0 heterocycles. The molecule has 0 atom stereocenters. The number of nitrogen functional groups attached to an aromatic ring is 1. The van der Waals surface area contributed by atoms with Crippen LogP contribution in [0.15, 0.2) is 6.07 Å². The zero-order valence-electron chi connectivity index (χ0n) is 10.6. The summed E-state index contributed by atoms with van der Waals surface area (Å²) in [5, 5.41) is 1.16. The van der Waals surface area contributed by atoms with Gasteiger partial charge in [0.1, 0.15) is 5.69 Å². The minimum atomic E-state index is -0.991. The first-order chi connectivity index (χ1) is 7.63. The second kappa shape index (κ2) is 4.49. The summed E-state index contributed by atoms with van der Waals surface area (Å²) in [6.07, 6.45) is 0. The van der Waals surface area contributed by atoms with Crippen LogP contribution in [0.2, 0.25) is 0 Å². The molecule has 0 aliphatic carbocycles. The van der Waals surface area contributed by atoms with Crippen molar-refractivity contribution in [2.24, 2.45) is 11.3 Å². The molecule has 0 saturated heterocycles. The monoisotopic (exact) mass is 243 g/mol. The molecule has 0 radical (unpaired) electrons. The van der Waals surface area contributed by atoms with E-state index in [-0.39, 0.29) is 22.4 Å². The molecule has 0 spiro atoms. The molecule has 4 N–H and O–H groups in total. The van der Waals surface area contributed by atoms with Gasteiger partial charge in [0.05, 0.1) is 5.69 Å². The molecular formula is C12H19F2N3. The van der Waals surface area contributed by atoms with Gasteiger partial charge in [0.2, 0.25) is 0 Å². The molecule has 96 valence electrons. The third-order valence-electron chi connectivity index (χ3n) is 2.32. The number of halogens is 2. The molecule has 0 amide bonds. The molecule has 1 aromatic rings. The fourth-order valence-corrected chi connectivity index (χ4v) is 1.65. The van der Waals surface area contributed by atoms with E-state index < -0.39 is 11.6 Å². The van der Waals surface area contributed by atoms with Gasteiger partial charge in [-0.2, -0.15) is 0 Å². The zero-order valence-corrected chi connectivity index (χ0v) is 10.6. The van der Waals surface area contributed by atoms with Gasteiger partial charge in [-0.3, -0.25) is 0 Å². The second-order valence-corrected chi connectivity index (χ2v) is 5.45. The highest BCUT2D eigenvalue weighted by Crippen LogP contribution is 2.31. The summed E-state index contributed by atoms with van der Waals surface area (Å²) in [6, 6.07) is 1.39. The minimum absolute atomic E-state index is 0.0805. The first-order valence-electron chi connectivity index (χ1n) is 5.40. The van der Waals surface area contributed by atoms with Crippen LogP contribution >= 0.6 is 0 Å². The van der Waals surface area contributed by atoms with E-state index in [0.717, 1.165) is 5.01 Å². The largest absolute Gasteiger partial charge is 0.397 e. The van der Waals surface area contributed by atoms with Gasteiger partial charge >= 0.3 is 0 Å². The van der Waals surface area contributed by atoms with E-state index in [0.29, 0.717) is 6.54 Å². The molecule has 0 aliphatic heterocycles. The van der Waals surface area contributed by atoms with E-state index >= 15 is 0 Å². The summed E-state index contributed by atoms with van der Waals surface area (Å²) in [5.74, 6) is 3.85. The number of rotatable bonds is 2. The second-order valence-electron chi connectivity index (χ2n) is 5.45. The van der Waals surface area contributed by atoms with Crippen molar-refractivity contribution in [3.05, 3.63) is 23.3 Å². The molecule has 0 unspecified atom stereocenters. The Balaban J connectivity index is 3.18. The molecule has 1 aromatic carbocycles. The van der Waals surface area contributed by atoms with Crippen LogP contribution in [0.25, 0.3) is 0 Å². The van der Waals surface area contributed by atoms with Crippen LogP contribution in [0, 0.1) is 24.0 Å². The van der Waals surface area contributed by atoms with Crippen molar-refractivity contribution in [1.29, 1.82) is 0 Å². The lowest BCUT2D eigenvalue weighted by atomic mass is 9.96. The number of nitrogens with two attached hydrogens (primary N) is 2. The first-order valence-corrected chi connectivity index (χ1v) is 5.40. The summed E-state index contributed by atoms with van der Waals surface area (Å²) in [5.41, 5.74) is 5.78. The minimum Gasteiger partial charge on any atom is -0.397 e. The molecule has 0 saturated carbocycles. The topological polar surface area (TPSA) is 55.3 Å². The Labute approximate surface area is 100 Å². The molecule has 0 fully saturated rings. The van der Waals surface area contributed by atoms with Crippen molar-refractivity contribution < 1.29 is 8.78 Å². The molecular weight excluding hydrogens is 224 g/mol. The van der Waals surface area contributed by atoms with Gasteiger partial charge in [0, 0.05) is 6.54 Å². The van der Waals surface area contributed by atoms with Crippen molar-refractivity contribution in [1.82, 2.24) is 0 Å². The maximum absolute atomic E-state index is 13.8. The van der Waals surface area contributed by atoms with Crippen LogP contribution in [0.3, 0.4) is 0 Å². The van der Waals surface area contributed by atoms with Gasteiger partial charge in [-0.15, -0.1) is 0 Å². The van der Waals surface area contributed by atoms with Gasteiger partial charge in [-0.1, -0.05) is 20.8 Å². The van der Waals surface area contributed by atoms with E-state index in [4.69, 9.17) is 11.6 Å². The molecule has 0 aliphatic rings. The van der Waals surface area contributed by atoms with Gasteiger partial charge in [-0.05, 0) is 24.0 Å². The highest BCUT2D eigenvalue weighted by molar-refractivity contribution is 5.69. The maximum atomic E-state index is 13.8. The van der Waals surface area contributed by atoms with Crippen LogP contribution in [0.4, 0.5) is 20.2 Å². The number of aryl methyl sites for hydroxylation is 1. The third-order valence-corrected chi connectivity index (χ3v) is 2.32. The molecule has 5 heteroatoms. The summed E-state index contributed by atoms with van der Waals surface area (Å²) in [7, 11) is 0. The van der Waals surface area contributed by atoms with Gasteiger partial charge < -0.3 is 10.7 Å². The number of nitrogens with zero attached hydrogens (tertiary/aromatic N) is 1. The van der Waals surface area contributed by atoms with E-state index in [1.807, 2.05) is 20.8 Å². The van der Waals surface area contributed by atoms with Crippen molar-refractivity contribution in [2.75, 3.05) is 17.3 Å². The summed E-state index contributed by atoms with van der Waals surface area (Å²) in [6.45, 7) is 7.68. The van der Waals surface area contributed by atoms with E-state index in [2.05, 4.69) is 0 Å². The Kier molecular flexibility index (Phi) is 3.62. The number of hydrazine groups is 1. The Morgan fingerprint density at radius 3 is 2.24 bits per heavy atom.